The Morgan fingerprint density at radius 2 is 1.86 bits per heavy atom. The number of amides is 1. The van der Waals surface area contributed by atoms with Crippen molar-refractivity contribution in [1.29, 1.82) is 0 Å². The Morgan fingerprint density at radius 3 is 2.50 bits per heavy atom. The number of sulfonamides is 1. The van der Waals surface area contributed by atoms with Crippen molar-refractivity contribution in [2.24, 2.45) is 0 Å². The number of hydrogen-bond donors (Lipinski definition) is 1. The van der Waals surface area contributed by atoms with E-state index in [1.165, 1.54) is 70.4 Å². The fourth-order valence-electron chi connectivity index (χ4n) is 4.11. The number of nitrogens with zero attached hydrogens (tertiary/aromatic N) is 2. The zero-order valence-corrected chi connectivity index (χ0v) is 22.3. The molecule has 0 unspecified atom stereocenters. The molecule has 36 heavy (non-hydrogen) atoms. The highest BCUT2D eigenvalue weighted by molar-refractivity contribution is 7.99. The molecule has 11 heteroatoms. The summed E-state index contributed by atoms with van der Waals surface area (Å²) in [6.07, 6.45) is 7.19. The number of methoxy groups -OCH3 is 1. The molecule has 1 aliphatic carbocycles. The lowest BCUT2D eigenvalue weighted by Crippen LogP contribution is -2.41. The van der Waals surface area contributed by atoms with Crippen LogP contribution in [0.4, 0.5) is 11.4 Å². The highest BCUT2D eigenvalue weighted by atomic mass is 32.2. The highest BCUT2D eigenvalue weighted by Gasteiger charge is 2.29. The third kappa shape index (κ3) is 7.36. The van der Waals surface area contributed by atoms with Crippen LogP contribution in [0.1, 0.15) is 44.1 Å². The number of rotatable bonds is 12. The van der Waals surface area contributed by atoms with Gasteiger partial charge in [-0.2, -0.15) is 11.8 Å². The fourth-order valence-corrected chi connectivity index (χ4v) is 6.86. The van der Waals surface area contributed by atoms with E-state index in [4.69, 9.17) is 4.74 Å². The van der Waals surface area contributed by atoms with Gasteiger partial charge in [0.1, 0.15) is 12.3 Å². The monoisotopic (exact) mass is 535 g/mol. The van der Waals surface area contributed by atoms with E-state index in [0.29, 0.717) is 23.1 Å². The Balaban J connectivity index is 1.72. The molecule has 9 nitrogen and oxygen atoms in total. The molecule has 1 aliphatic rings. The van der Waals surface area contributed by atoms with Crippen molar-refractivity contribution in [2.75, 3.05) is 30.3 Å². The second-order valence-electron chi connectivity index (χ2n) is 8.75. The predicted molar refractivity (Wildman–Crippen MR) is 142 cm³/mol. The van der Waals surface area contributed by atoms with Gasteiger partial charge in [-0.25, -0.2) is 8.42 Å². The van der Waals surface area contributed by atoms with E-state index < -0.39 is 27.4 Å². The Labute approximate surface area is 216 Å². The summed E-state index contributed by atoms with van der Waals surface area (Å²) in [6, 6.07) is 9.99. The minimum Gasteiger partial charge on any atom is -0.497 e. The average molecular weight is 536 g/mol. The van der Waals surface area contributed by atoms with Crippen LogP contribution < -0.4 is 14.4 Å². The van der Waals surface area contributed by atoms with Gasteiger partial charge in [-0.15, -0.1) is 0 Å². The smallest absolute Gasteiger partial charge is 0.273 e. The van der Waals surface area contributed by atoms with Gasteiger partial charge in [0.15, 0.2) is 0 Å². The number of carbonyl (C=O) groups is 1. The Kier molecular flexibility index (Phi) is 10.0. The van der Waals surface area contributed by atoms with E-state index in [0.717, 1.165) is 22.5 Å². The first-order chi connectivity index (χ1) is 17.2. The van der Waals surface area contributed by atoms with Crippen molar-refractivity contribution < 1.29 is 22.9 Å². The van der Waals surface area contributed by atoms with Gasteiger partial charge in [0, 0.05) is 23.4 Å². The minimum atomic E-state index is -4.27. The number of thioether (sulfide) groups is 1. The Morgan fingerprint density at radius 1 is 1.17 bits per heavy atom. The lowest BCUT2D eigenvalue weighted by Gasteiger charge is -2.24. The molecule has 3 rings (SSSR count). The van der Waals surface area contributed by atoms with Crippen molar-refractivity contribution in [3.05, 3.63) is 58.1 Å². The van der Waals surface area contributed by atoms with Crippen LogP contribution in [0.2, 0.25) is 0 Å². The summed E-state index contributed by atoms with van der Waals surface area (Å²) >= 11 is 1.95. The summed E-state index contributed by atoms with van der Waals surface area (Å²) in [5.41, 5.74) is 0.298. The summed E-state index contributed by atoms with van der Waals surface area (Å²) in [5, 5.41) is 14.9. The molecule has 0 bridgehead atoms. The lowest BCUT2D eigenvalue weighted by atomic mass is 10.0. The molecule has 2 aromatic rings. The maximum absolute atomic E-state index is 13.5. The number of benzene rings is 2. The normalized spacial score (nSPS) is 14.3. The standard InChI is InChI=1S/C25H33N3O6S2/c1-19-9-14-23(17-24(19)28(30)31)36(32,33)27(20-10-12-21(34-2)13-11-20)18-25(29)26-15-6-16-35-22-7-4-3-5-8-22/h9-14,17,22H,3-8,15-16,18H2,1-2H3,(H,26,29). The van der Waals surface area contributed by atoms with Crippen molar-refractivity contribution in [1.82, 2.24) is 5.32 Å². The number of nitro groups is 1. The number of anilines is 1. The number of nitro benzene ring substituents is 1. The molecule has 0 spiro atoms. The number of aryl methyl sites for hydroxylation is 1. The topological polar surface area (TPSA) is 119 Å². The van der Waals surface area contributed by atoms with E-state index in [-0.39, 0.29) is 16.3 Å². The van der Waals surface area contributed by atoms with E-state index in [2.05, 4.69) is 5.32 Å². The molecule has 0 atom stereocenters. The third-order valence-electron chi connectivity index (χ3n) is 6.16. The molecule has 0 saturated heterocycles. The van der Waals surface area contributed by atoms with Crippen LogP contribution in [0, 0.1) is 17.0 Å². The van der Waals surface area contributed by atoms with E-state index >= 15 is 0 Å². The quantitative estimate of drug-likeness (QED) is 0.238. The highest BCUT2D eigenvalue weighted by Crippen LogP contribution is 2.30. The largest absolute Gasteiger partial charge is 0.497 e. The molecule has 0 heterocycles. The summed E-state index contributed by atoms with van der Waals surface area (Å²) in [5.74, 6) is 1.03. The van der Waals surface area contributed by atoms with Crippen LogP contribution in [-0.4, -0.2) is 50.5 Å². The molecule has 1 saturated carbocycles. The molecule has 0 radical (unpaired) electrons. The first-order valence-corrected chi connectivity index (χ1v) is 14.5. The zero-order chi connectivity index (χ0) is 26.1. The maximum Gasteiger partial charge on any atom is 0.273 e. The number of carbonyl (C=O) groups excluding carboxylic acids is 1. The zero-order valence-electron chi connectivity index (χ0n) is 20.6. The predicted octanol–water partition coefficient (Wildman–Crippen LogP) is 4.68. The van der Waals surface area contributed by atoms with Crippen LogP contribution in [0.15, 0.2) is 47.4 Å². The number of ether oxygens (including phenoxy) is 1. The van der Waals surface area contributed by atoms with Crippen LogP contribution in [0.25, 0.3) is 0 Å². The van der Waals surface area contributed by atoms with Gasteiger partial charge in [-0.1, -0.05) is 25.3 Å². The number of hydrogen-bond acceptors (Lipinski definition) is 7. The molecule has 1 amide bonds. The molecule has 0 aromatic heterocycles. The summed E-state index contributed by atoms with van der Waals surface area (Å²) < 4.78 is 33.2. The molecule has 0 aliphatic heterocycles. The molecule has 2 aromatic carbocycles. The first kappa shape index (κ1) is 27.8. The Hall–Kier alpha value is -2.79. The minimum absolute atomic E-state index is 0.252. The summed E-state index contributed by atoms with van der Waals surface area (Å²) in [7, 11) is -2.77. The van der Waals surface area contributed by atoms with Gasteiger partial charge < -0.3 is 10.1 Å². The van der Waals surface area contributed by atoms with Crippen LogP contribution in [0.5, 0.6) is 5.75 Å². The SMILES string of the molecule is COc1ccc(N(CC(=O)NCCCSC2CCCCC2)S(=O)(=O)c2ccc(C)c([N+](=O)[O-])c2)cc1. The van der Waals surface area contributed by atoms with Gasteiger partial charge in [-0.3, -0.25) is 19.2 Å². The molecular formula is C25H33N3O6S2. The summed E-state index contributed by atoms with van der Waals surface area (Å²) in [4.78, 5) is 23.3. The van der Waals surface area contributed by atoms with Crippen molar-refractivity contribution in [2.45, 2.75) is 55.6 Å². The second kappa shape index (κ2) is 13.0. The lowest BCUT2D eigenvalue weighted by molar-refractivity contribution is -0.385. The van der Waals surface area contributed by atoms with Crippen LogP contribution >= 0.6 is 11.8 Å². The van der Waals surface area contributed by atoms with Crippen molar-refractivity contribution in [3.63, 3.8) is 0 Å². The van der Waals surface area contributed by atoms with E-state index in [1.54, 1.807) is 12.1 Å². The second-order valence-corrected chi connectivity index (χ2v) is 12.0. The summed E-state index contributed by atoms with van der Waals surface area (Å²) in [6.45, 7) is 1.53. The van der Waals surface area contributed by atoms with Gasteiger partial charge in [0.25, 0.3) is 15.7 Å². The molecule has 1 fully saturated rings. The Bertz CT molecular complexity index is 1150. The average Bonchev–Trinajstić information content (AvgIpc) is 2.87. The van der Waals surface area contributed by atoms with Gasteiger partial charge in [0.2, 0.25) is 5.91 Å². The van der Waals surface area contributed by atoms with Crippen LogP contribution in [0.3, 0.4) is 0 Å². The van der Waals surface area contributed by atoms with Gasteiger partial charge in [0.05, 0.1) is 22.6 Å². The van der Waals surface area contributed by atoms with Crippen LogP contribution in [-0.2, 0) is 14.8 Å². The third-order valence-corrected chi connectivity index (χ3v) is 9.40. The fraction of sp³-hybridized carbons (Fsp3) is 0.480. The molecule has 196 valence electrons. The van der Waals surface area contributed by atoms with Gasteiger partial charge >= 0.3 is 0 Å². The van der Waals surface area contributed by atoms with E-state index in [9.17, 15) is 23.3 Å². The number of nitrogens with one attached hydrogen (secondary N) is 1. The molecule has 1 N–H and O–H groups in total. The van der Waals surface area contributed by atoms with Crippen molar-refractivity contribution >= 4 is 39.1 Å². The maximum atomic E-state index is 13.5. The van der Waals surface area contributed by atoms with E-state index in [1.807, 2.05) is 11.8 Å². The van der Waals surface area contributed by atoms with Crippen molar-refractivity contribution in [3.8, 4) is 5.75 Å². The molecular weight excluding hydrogens is 502 g/mol. The van der Waals surface area contributed by atoms with Gasteiger partial charge in [-0.05, 0) is 62.3 Å². The first-order valence-electron chi connectivity index (χ1n) is 12.0.